The third-order valence-corrected chi connectivity index (χ3v) is 15.6. The zero-order valence-corrected chi connectivity index (χ0v) is 49.2. The molecule has 9 N–H and O–H groups in total. The summed E-state index contributed by atoms with van der Waals surface area (Å²) in [6, 6.07) is -0.822. The van der Waals surface area contributed by atoms with E-state index in [1.54, 1.807) is 0 Å². The van der Waals surface area contributed by atoms with E-state index >= 15 is 0 Å². The van der Waals surface area contributed by atoms with Crippen LogP contribution < -0.4 is 5.32 Å². The first-order valence-electron chi connectivity index (χ1n) is 31.9. The average Bonchev–Trinajstić information content (AvgIpc) is 3.47. The lowest BCUT2D eigenvalue weighted by molar-refractivity contribution is -0.359. The van der Waals surface area contributed by atoms with Gasteiger partial charge in [-0.15, -0.1) is 0 Å². The van der Waals surface area contributed by atoms with Gasteiger partial charge in [-0.2, -0.15) is 0 Å². The van der Waals surface area contributed by atoms with Gasteiger partial charge in [-0.25, -0.2) is 0 Å². The van der Waals surface area contributed by atoms with Crippen LogP contribution in [0, 0.1) is 0 Å². The number of hydrogen-bond donors (Lipinski definition) is 9. The molecule has 2 aliphatic heterocycles. The Hall–Kier alpha value is -2.05. The minimum absolute atomic E-state index is 0.210. The summed E-state index contributed by atoms with van der Waals surface area (Å²) >= 11 is 0. The summed E-state index contributed by atoms with van der Waals surface area (Å²) in [6.45, 7) is 2.65. The summed E-state index contributed by atoms with van der Waals surface area (Å²) in [5, 5.41) is 86.6. The zero-order valence-electron chi connectivity index (χ0n) is 49.2. The molecule has 14 nitrogen and oxygen atoms in total. The number of unbranched alkanes of at least 4 members (excludes halogenated alkanes) is 30. The van der Waals surface area contributed by atoms with Gasteiger partial charge in [-0.1, -0.05) is 249 Å². The van der Waals surface area contributed by atoms with Gasteiger partial charge in [-0.05, 0) is 51.4 Å². The van der Waals surface area contributed by atoms with E-state index < -0.39 is 86.8 Å². The molecule has 0 saturated carbocycles. The Morgan fingerprint density at radius 2 is 0.885 bits per heavy atom. The first kappa shape index (κ1) is 72.1. The second-order valence-corrected chi connectivity index (χ2v) is 22.5. The first-order valence-corrected chi connectivity index (χ1v) is 31.9. The maximum Gasteiger partial charge on any atom is 0.220 e. The van der Waals surface area contributed by atoms with Crippen LogP contribution in [-0.4, -0.2) is 140 Å². The lowest BCUT2D eigenvalue weighted by atomic mass is 9.97. The smallest absolute Gasteiger partial charge is 0.220 e. The largest absolute Gasteiger partial charge is 0.394 e. The van der Waals surface area contributed by atoms with Gasteiger partial charge in [0.1, 0.15) is 48.8 Å². The van der Waals surface area contributed by atoms with Crippen molar-refractivity contribution >= 4 is 5.91 Å². The fourth-order valence-electron chi connectivity index (χ4n) is 10.5. The van der Waals surface area contributed by atoms with Crippen LogP contribution in [-0.2, 0) is 23.7 Å². The van der Waals surface area contributed by atoms with Gasteiger partial charge in [0.25, 0.3) is 0 Å². The highest BCUT2D eigenvalue weighted by molar-refractivity contribution is 5.76. The Labute approximate surface area is 473 Å². The molecule has 0 bridgehead atoms. The Balaban J connectivity index is 1.46. The Morgan fingerprint density at radius 1 is 0.474 bits per heavy atom. The van der Waals surface area contributed by atoms with Gasteiger partial charge in [0, 0.05) is 6.42 Å². The van der Waals surface area contributed by atoms with Gasteiger partial charge in [-0.3, -0.25) is 4.79 Å². The molecule has 12 unspecified atom stereocenters. The third-order valence-electron chi connectivity index (χ3n) is 15.6. The van der Waals surface area contributed by atoms with E-state index in [1.165, 1.54) is 148 Å². The highest BCUT2D eigenvalue weighted by Gasteiger charge is 2.51. The van der Waals surface area contributed by atoms with Crippen molar-refractivity contribution in [2.45, 2.75) is 331 Å². The van der Waals surface area contributed by atoms with Gasteiger partial charge in [0.05, 0.1) is 32.0 Å². The second-order valence-electron chi connectivity index (χ2n) is 22.5. The number of aliphatic hydroxyl groups is 8. The number of ether oxygens (including phenoxy) is 4. The van der Waals surface area contributed by atoms with Crippen LogP contribution in [0.4, 0.5) is 0 Å². The van der Waals surface area contributed by atoms with Gasteiger partial charge < -0.3 is 65.1 Å². The predicted octanol–water partition coefficient (Wildman–Crippen LogP) is 11.6. The number of aliphatic hydroxyl groups excluding tert-OH is 8. The summed E-state index contributed by atoms with van der Waals surface area (Å²) in [5.74, 6) is -0.210. The number of rotatable bonds is 51. The van der Waals surface area contributed by atoms with Crippen molar-refractivity contribution in [3.05, 3.63) is 48.6 Å². The molecule has 0 radical (unpaired) electrons. The molecule has 0 aromatic carbocycles. The first-order chi connectivity index (χ1) is 38.1. The van der Waals surface area contributed by atoms with Gasteiger partial charge in [0.2, 0.25) is 5.91 Å². The second kappa shape index (κ2) is 49.5. The molecule has 0 aromatic rings. The molecule has 456 valence electrons. The topological polar surface area (TPSA) is 228 Å². The Kier molecular flexibility index (Phi) is 45.8. The van der Waals surface area contributed by atoms with E-state index in [-0.39, 0.29) is 12.5 Å². The normalized spacial score (nSPS) is 24.8. The van der Waals surface area contributed by atoms with Crippen LogP contribution in [0.25, 0.3) is 0 Å². The van der Waals surface area contributed by atoms with Crippen molar-refractivity contribution in [2.24, 2.45) is 0 Å². The van der Waals surface area contributed by atoms with E-state index in [4.69, 9.17) is 18.9 Å². The van der Waals surface area contributed by atoms with Crippen molar-refractivity contribution in [1.29, 1.82) is 0 Å². The van der Waals surface area contributed by atoms with Crippen LogP contribution in [0.5, 0.6) is 0 Å². The minimum Gasteiger partial charge on any atom is -0.394 e. The SMILES string of the molecule is CC/C=C\C/C=C\C/C=C\C/C=C\CCCCCCCCCCCCCCCCCCCCCCCCCCCCC(=O)NC(COC1OC(CO)C(OC2OC(CO)C(O)C(O)C2O)C(O)C1O)C(O)CCCCCCC. The van der Waals surface area contributed by atoms with Crippen molar-refractivity contribution in [2.75, 3.05) is 19.8 Å². The maximum absolute atomic E-state index is 13.1. The third kappa shape index (κ3) is 34.4. The lowest BCUT2D eigenvalue weighted by Crippen LogP contribution is -2.65. The number of allylic oxidation sites excluding steroid dienone is 8. The van der Waals surface area contributed by atoms with Crippen LogP contribution in [0.3, 0.4) is 0 Å². The number of hydrogen-bond acceptors (Lipinski definition) is 13. The van der Waals surface area contributed by atoms with Crippen molar-refractivity contribution in [1.82, 2.24) is 5.32 Å². The van der Waals surface area contributed by atoms with Gasteiger partial charge in [0.15, 0.2) is 12.6 Å². The van der Waals surface area contributed by atoms with E-state index in [2.05, 4.69) is 67.8 Å². The van der Waals surface area contributed by atoms with Crippen LogP contribution in [0.15, 0.2) is 48.6 Å². The van der Waals surface area contributed by atoms with E-state index in [0.717, 1.165) is 83.5 Å². The van der Waals surface area contributed by atoms with Gasteiger partial charge >= 0.3 is 0 Å². The van der Waals surface area contributed by atoms with E-state index in [1.807, 2.05) is 0 Å². The molecular formula is C64H117NO13. The molecule has 0 aliphatic carbocycles. The summed E-state index contributed by atoms with van der Waals surface area (Å²) in [4.78, 5) is 13.1. The number of carbonyl (C=O) groups excluding carboxylic acids is 1. The Morgan fingerprint density at radius 3 is 1.36 bits per heavy atom. The van der Waals surface area contributed by atoms with Crippen molar-refractivity contribution in [3.63, 3.8) is 0 Å². The summed E-state index contributed by atoms with van der Waals surface area (Å²) in [7, 11) is 0. The summed E-state index contributed by atoms with van der Waals surface area (Å²) in [6.07, 6.45) is 46.6. The summed E-state index contributed by atoms with van der Waals surface area (Å²) < 4.78 is 22.7. The molecule has 78 heavy (non-hydrogen) atoms. The highest BCUT2D eigenvalue weighted by Crippen LogP contribution is 2.30. The standard InChI is InChI=1S/C64H117NO13/c1-3-5-7-9-10-11-12-13-14-15-16-17-18-19-20-21-22-23-24-25-26-27-28-29-30-31-32-33-34-35-36-37-38-39-40-41-42-44-46-48-56(69)65-52(53(68)47-45-43-8-6-4-2)51-75-63-61(74)59(72)62(55(50-67)77-63)78-64-60(73)58(71)57(70)54(49-66)76-64/h5,7,10-11,13-14,16-17,52-55,57-64,66-68,70-74H,3-4,6,8-9,12,15,18-51H2,1-2H3,(H,65,69)/b7-5-,11-10-,14-13-,17-16-. The maximum atomic E-state index is 13.1. The van der Waals surface area contributed by atoms with E-state index in [0.29, 0.717) is 12.8 Å². The molecule has 2 saturated heterocycles. The average molecular weight is 1110 g/mol. The molecule has 2 rings (SSSR count). The molecule has 2 fully saturated rings. The molecule has 1 amide bonds. The van der Waals surface area contributed by atoms with Crippen LogP contribution in [0.1, 0.15) is 258 Å². The number of carbonyl (C=O) groups is 1. The molecule has 2 heterocycles. The fraction of sp³-hybridized carbons (Fsp3) is 0.859. The molecular weight excluding hydrogens is 991 g/mol. The van der Waals surface area contributed by atoms with E-state index in [9.17, 15) is 45.6 Å². The van der Waals surface area contributed by atoms with Crippen molar-refractivity contribution in [3.8, 4) is 0 Å². The van der Waals surface area contributed by atoms with Crippen LogP contribution >= 0.6 is 0 Å². The van der Waals surface area contributed by atoms with Crippen LogP contribution in [0.2, 0.25) is 0 Å². The number of amides is 1. The Bertz CT molecular complexity index is 1490. The number of nitrogens with one attached hydrogen (secondary N) is 1. The molecule has 14 heteroatoms. The fourth-order valence-corrected chi connectivity index (χ4v) is 10.5. The monoisotopic (exact) mass is 1110 g/mol. The molecule has 2 aliphatic rings. The van der Waals surface area contributed by atoms with Crippen molar-refractivity contribution < 1.29 is 64.6 Å². The highest BCUT2D eigenvalue weighted by atomic mass is 16.7. The molecule has 0 aromatic heterocycles. The predicted molar refractivity (Wildman–Crippen MR) is 314 cm³/mol. The summed E-state index contributed by atoms with van der Waals surface area (Å²) in [5.41, 5.74) is 0. The quantitative estimate of drug-likeness (QED) is 0.0204. The molecule has 0 spiro atoms. The zero-order chi connectivity index (χ0) is 56.7. The molecule has 12 atom stereocenters. The minimum atomic E-state index is -1.78. The lowest BCUT2D eigenvalue weighted by Gasteiger charge is -2.46.